The molecular formula is C45H54N8O7. The van der Waals surface area contributed by atoms with Crippen molar-refractivity contribution in [2.75, 3.05) is 20.7 Å². The van der Waals surface area contributed by atoms with E-state index in [4.69, 9.17) is 19.4 Å². The number of carboxylic acid groups (broad SMARTS) is 1. The summed E-state index contributed by atoms with van der Waals surface area (Å²) in [4.78, 5) is 73.4. The first-order valence-electron chi connectivity index (χ1n) is 20.9. The molecule has 4 amide bonds. The molecule has 5 aromatic rings. The number of fused-ring (bicyclic) bond motifs is 6. The van der Waals surface area contributed by atoms with Gasteiger partial charge in [-0.05, 0) is 90.3 Å². The van der Waals surface area contributed by atoms with Gasteiger partial charge in [-0.1, -0.05) is 52.8 Å². The van der Waals surface area contributed by atoms with Crippen molar-refractivity contribution in [3.8, 4) is 28.1 Å². The number of carbonyl (C=O) groups excluding carboxylic acids is 3. The number of amides is 4. The highest BCUT2D eigenvalue weighted by Crippen LogP contribution is 2.44. The fourth-order valence-corrected chi connectivity index (χ4v) is 9.50. The molecule has 3 aromatic carbocycles. The van der Waals surface area contributed by atoms with Gasteiger partial charge in [0.25, 0.3) is 0 Å². The quantitative estimate of drug-likeness (QED) is 0.116. The maximum atomic E-state index is 14.0. The van der Waals surface area contributed by atoms with Gasteiger partial charge in [-0.25, -0.2) is 19.6 Å². The number of benzene rings is 3. The van der Waals surface area contributed by atoms with E-state index in [1.807, 2.05) is 62.7 Å². The summed E-state index contributed by atoms with van der Waals surface area (Å²) < 4.78 is 11.2. The minimum Gasteiger partial charge on any atom is -0.488 e. The summed E-state index contributed by atoms with van der Waals surface area (Å²) in [6.07, 6.45) is 2.30. The van der Waals surface area contributed by atoms with Crippen molar-refractivity contribution in [2.24, 2.45) is 17.8 Å². The predicted octanol–water partition coefficient (Wildman–Crippen LogP) is 7.64. The van der Waals surface area contributed by atoms with Crippen molar-refractivity contribution in [3.63, 3.8) is 0 Å². The van der Waals surface area contributed by atoms with Crippen LogP contribution in [0.3, 0.4) is 0 Å². The fourth-order valence-electron chi connectivity index (χ4n) is 9.50. The molecule has 3 aliphatic heterocycles. The molecular weight excluding hydrogens is 765 g/mol. The number of methoxy groups -OCH3 is 1. The van der Waals surface area contributed by atoms with Crippen LogP contribution in [0, 0.1) is 17.8 Å². The first-order chi connectivity index (χ1) is 28.6. The number of carbonyl (C=O) groups is 4. The van der Waals surface area contributed by atoms with Gasteiger partial charge in [-0.2, -0.15) is 0 Å². The number of ether oxygens (including phenoxy) is 2. The number of hydrogen-bond acceptors (Lipinski definition) is 8. The third-order valence-corrected chi connectivity index (χ3v) is 12.6. The van der Waals surface area contributed by atoms with E-state index in [0.717, 1.165) is 79.7 Å². The number of rotatable bonds is 9. The van der Waals surface area contributed by atoms with E-state index in [2.05, 4.69) is 52.5 Å². The van der Waals surface area contributed by atoms with Crippen molar-refractivity contribution in [1.82, 2.24) is 40.0 Å². The van der Waals surface area contributed by atoms with Crippen molar-refractivity contribution in [2.45, 2.75) is 97.6 Å². The van der Waals surface area contributed by atoms with Gasteiger partial charge in [-0.3, -0.25) is 14.5 Å². The molecule has 4 N–H and O–H groups in total. The highest BCUT2D eigenvalue weighted by molar-refractivity contribution is 6.07. The van der Waals surface area contributed by atoms with Crippen LogP contribution in [0.4, 0.5) is 9.59 Å². The summed E-state index contributed by atoms with van der Waals surface area (Å²) in [5.41, 5.74) is 6.51. The fraction of sp³-hybridized carbons (Fsp3) is 0.467. The highest BCUT2D eigenvalue weighted by Gasteiger charge is 2.43. The van der Waals surface area contributed by atoms with Gasteiger partial charge in [0, 0.05) is 30.6 Å². The summed E-state index contributed by atoms with van der Waals surface area (Å²) in [6.45, 7) is 12.6. The normalized spacial score (nSPS) is 20.9. The topological polar surface area (TPSA) is 186 Å². The first kappa shape index (κ1) is 40.7. The number of likely N-dealkylation sites (N-methyl/N-ethyl adjacent to an activating group) is 1. The van der Waals surface area contributed by atoms with Gasteiger partial charge in [-0.15, -0.1) is 0 Å². The second kappa shape index (κ2) is 15.8. The molecule has 15 nitrogen and oxygen atoms in total. The van der Waals surface area contributed by atoms with Crippen molar-refractivity contribution in [3.05, 3.63) is 65.9 Å². The molecule has 3 aliphatic rings. The molecule has 0 aliphatic carbocycles. The third-order valence-electron chi connectivity index (χ3n) is 12.6. The lowest BCUT2D eigenvalue weighted by atomic mass is 9.92. The Hall–Kier alpha value is -6.12. The van der Waals surface area contributed by atoms with Gasteiger partial charge in [0.05, 0.1) is 42.1 Å². The Morgan fingerprint density at radius 3 is 2.45 bits per heavy atom. The van der Waals surface area contributed by atoms with Crippen LogP contribution in [0.1, 0.15) is 90.1 Å². The Labute approximate surface area is 348 Å². The molecule has 0 spiro atoms. The van der Waals surface area contributed by atoms with Crippen molar-refractivity contribution in [1.29, 1.82) is 0 Å². The number of H-pyrrole nitrogens is 2. The predicted molar refractivity (Wildman–Crippen MR) is 226 cm³/mol. The van der Waals surface area contributed by atoms with Crippen molar-refractivity contribution < 1.29 is 33.8 Å². The van der Waals surface area contributed by atoms with Gasteiger partial charge in [0.2, 0.25) is 11.8 Å². The van der Waals surface area contributed by atoms with E-state index in [1.165, 1.54) is 14.2 Å². The van der Waals surface area contributed by atoms with Crippen LogP contribution in [0.25, 0.3) is 44.2 Å². The zero-order valence-electron chi connectivity index (χ0n) is 35.4. The summed E-state index contributed by atoms with van der Waals surface area (Å²) >= 11 is 0. The summed E-state index contributed by atoms with van der Waals surface area (Å²) in [7, 11) is 2.75. The minimum absolute atomic E-state index is 0.0646. The number of nitrogens with one attached hydrogen (secondary N) is 3. The molecule has 6 atom stereocenters. The van der Waals surface area contributed by atoms with Crippen LogP contribution < -0.4 is 10.1 Å². The molecule has 0 saturated carbocycles. The van der Waals surface area contributed by atoms with Crippen LogP contribution in [-0.2, 0) is 20.9 Å². The molecule has 0 radical (unpaired) electrons. The molecule has 60 heavy (non-hydrogen) atoms. The minimum atomic E-state index is -1.13. The number of nitrogens with zero attached hydrogens (tertiary/aromatic N) is 5. The number of alkyl carbamates (subject to hydrolysis) is 1. The molecule has 2 fully saturated rings. The average Bonchev–Trinajstić information content (AvgIpc) is 4.04. The van der Waals surface area contributed by atoms with E-state index in [-0.39, 0.29) is 47.7 Å². The summed E-state index contributed by atoms with van der Waals surface area (Å²) in [5.74, 6) is 1.71. The van der Waals surface area contributed by atoms with E-state index >= 15 is 0 Å². The zero-order valence-corrected chi connectivity index (χ0v) is 35.4. The Kier molecular flexibility index (Phi) is 10.7. The van der Waals surface area contributed by atoms with Crippen LogP contribution in [0.2, 0.25) is 0 Å². The van der Waals surface area contributed by atoms with Gasteiger partial charge >= 0.3 is 12.2 Å². The maximum absolute atomic E-state index is 14.0. The van der Waals surface area contributed by atoms with Gasteiger partial charge in [0.15, 0.2) is 0 Å². The van der Waals surface area contributed by atoms with Crippen LogP contribution in [0.5, 0.6) is 5.75 Å². The number of aromatic nitrogens is 4. The molecule has 2 aromatic heterocycles. The largest absolute Gasteiger partial charge is 0.488 e. The lowest BCUT2D eigenvalue weighted by Gasteiger charge is -2.36. The summed E-state index contributed by atoms with van der Waals surface area (Å²) in [6, 6.07) is 12.4. The molecule has 15 heteroatoms. The number of hydrogen-bond donors (Lipinski definition) is 4. The van der Waals surface area contributed by atoms with Gasteiger partial charge in [0.1, 0.15) is 36.1 Å². The molecule has 2 saturated heterocycles. The van der Waals surface area contributed by atoms with E-state index < -0.39 is 24.3 Å². The van der Waals surface area contributed by atoms with E-state index in [1.54, 1.807) is 0 Å². The second-order valence-electron chi connectivity index (χ2n) is 17.5. The maximum Gasteiger partial charge on any atom is 0.407 e. The average molecular weight is 819 g/mol. The third kappa shape index (κ3) is 7.17. The molecule has 316 valence electrons. The highest BCUT2D eigenvalue weighted by atomic mass is 16.5. The lowest BCUT2D eigenvalue weighted by Crippen LogP contribution is -2.53. The zero-order chi connectivity index (χ0) is 42.7. The molecule has 5 heterocycles. The van der Waals surface area contributed by atoms with Crippen LogP contribution in [0.15, 0.2) is 48.7 Å². The van der Waals surface area contributed by atoms with E-state index in [0.29, 0.717) is 24.8 Å². The monoisotopic (exact) mass is 818 g/mol. The number of likely N-dealkylation sites (tertiary alicyclic amines) is 2. The van der Waals surface area contributed by atoms with Crippen LogP contribution in [-0.4, -0.2) is 103 Å². The standard InChI is InChI=1S/C45H54N8O7/c1-22(2)37(50-44(56)59-8)42(54)52-20-24(5)15-35(52)40-46-19-33(48-40)27-10-12-29-28(16-27)21-60-36-18-30-26(17-31(29)36)11-13-32-38(30)49-41(47-32)34-14-9-25(6)53(34)43(55)39(23(3)4)51(7)45(57)58/h10-13,16-19,22-25,34-35,37,39H,9,14-15,20-21H2,1-8H3,(H,46,48)(H,47,49)(H,50,56)(H,57,58)/t24-,25-,34-,35-,37-,39-/m0/s1. The lowest BCUT2D eigenvalue weighted by molar-refractivity contribution is -0.140. The Balaban J connectivity index is 1.05. The van der Waals surface area contributed by atoms with Gasteiger partial charge < -0.3 is 39.7 Å². The number of aromatic amines is 2. The molecule has 0 unspecified atom stereocenters. The van der Waals surface area contributed by atoms with Crippen LogP contribution >= 0.6 is 0 Å². The SMILES string of the molecule is COC(=O)N[C@H](C(=O)N1C[C@@H](C)C[C@H]1c1ncc(-c2ccc3c(c2)COc2cc4c(ccc5[nH]c([C@@H]6CC[C@H](C)N6C(=O)[C@H](C(C)C)N(C)C(=O)O)nc54)cc2-3)[nH]1)C(C)C. The smallest absolute Gasteiger partial charge is 0.407 e. The van der Waals surface area contributed by atoms with E-state index in [9.17, 15) is 24.3 Å². The Bertz CT molecular complexity index is 2490. The summed E-state index contributed by atoms with van der Waals surface area (Å²) in [5, 5.41) is 14.4. The Morgan fingerprint density at radius 1 is 0.950 bits per heavy atom. The first-order valence-corrected chi connectivity index (χ1v) is 20.9. The molecule has 0 bridgehead atoms. The second-order valence-corrected chi connectivity index (χ2v) is 17.5. The molecule has 8 rings (SSSR count). The number of imidazole rings is 2. The van der Waals surface area contributed by atoms with Crippen molar-refractivity contribution >= 4 is 45.8 Å². The Morgan fingerprint density at radius 2 is 1.73 bits per heavy atom.